The first-order chi connectivity index (χ1) is 9.86. The highest BCUT2D eigenvalue weighted by molar-refractivity contribution is 7.89. The third kappa shape index (κ3) is 4.05. The van der Waals surface area contributed by atoms with Gasteiger partial charge >= 0.3 is 0 Å². The summed E-state index contributed by atoms with van der Waals surface area (Å²) in [4.78, 5) is 0.409. The van der Waals surface area contributed by atoms with Gasteiger partial charge in [-0.1, -0.05) is 19.1 Å². The van der Waals surface area contributed by atoms with Crippen molar-refractivity contribution in [3.8, 4) is 0 Å². The fourth-order valence-electron chi connectivity index (χ4n) is 2.64. The second kappa shape index (κ2) is 6.46. The predicted octanol–water partition coefficient (Wildman–Crippen LogP) is 2.72. The maximum atomic E-state index is 12.6. The average Bonchev–Trinajstić information content (AvgIpc) is 2.38. The SMILES string of the molecule is CCCNCc1ccc(C)c(S(=O)(=O)NC2(C)CCC2)c1. The Morgan fingerprint density at radius 2 is 2.00 bits per heavy atom. The quantitative estimate of drug-likeness (QED) is 0.761. The molecule has 1 aromatic rings. The summed E-state index contributed by atoms with van der Waals surface area (Å²) in [6, 6.07) is 5.67. The van der Waals surface area contributed by atoms with E-state index in [1.807, 2.05) is 26.0 Å². The predicted molar refractivity (Wildman–Crippen MR) is 85.8 cm³/mol. The molecule has 2 rings (SSSR count). The molecule has 0 unspecified atom stereocenters. The zero-order chi connectivity index (χ0) is 15.5. The summed E-state index contributed by atoms with van der Waals surface area (Å²) in [6.45, 7) is 7.58. The Bertz CT molecular complexity index is 592. The second-order valence-corrected chi connectivity index (χ2v) is 7.95. The third-order valence-corrected chi connectivity index (χ3v) is 5.92. The Labute approximate surface area is 128 Å². The molecule has 2 N–H and O–H groups in total. The largest absolute Gasteiger partial charge is 0.313 e. The number of rotatable bonds is 7. The summed E-state index contributed by atoms with van der Waals surface area (Å²) in [5, 5.41) is 3.30. The van der Waals surface area contributed by atoms with E-state index in [0.717, 1.165) is 43.4 Å². The normalized spacial score (nSPS) is 17.5. The van der Waals surface area contributed by atoms with Crippen molar-refractivity contribution in [2.45, 2.75) is 63.4 Å². The maximum Gasteiger partial charge on any atom is 0.241 e. The smallest absolute Gasteiger partial charge is 0.241 e. The van der Waals surface area contributed by atoms with Crippen LogP contribution in [0.25, 0.3) is 0 Å². The van der Waals surface area contributed by atoms with E-state index in [1.54, 1.807) is 6.07 Å². The van der Waals surface area contributed by atoms with E-state index < -0.39 is 10.0 Å². The Kier molecular flexibility index (Phi) is 5.07. The molecule has 0 amide bonds. The highest BCUT2D eigenvalue weighted by atomic mass is 32.2. The summed E-state index contributed by atoms with van der Waals surface area (Å²) < 4.78 is 28.1. The molecule has 1 fully saturated rings. The molecule has 5 heteroatoms. The monoisotopic (exact) mass is 310 g/mol. The minimum Gasteiger partial charge on any atom is -0.313 e. The van der Waals surface area contributed by atoms with E-state index in [2.05, 4.69) is 17.0 Å². The van der Waals surface area contributed by atoms with Gasteiger partial charge in [-0.2, -0.15) is 0 Å². The molecule has 1 saturated carbocycles. The Balaban J connectivity index is 2.18. The Hall–Kier alpha value is -0.910. The minimum atomic E-state index is -3.44. The number of hydrogen-bond acceptors (Lipinski definition) is 3. The topological polar surface area (TPSA) is 58.2 Å². The lowest BCUT2D eigenvalue weighted by atomic mass is 9.80. The van der Waals surface area contributed by atoms with Crippen LogP contribution in [0.5, 0.6) is 0 Å². The first-order valence-corrected chi connectivity index (χ1v) is 9.19. The van der Waals surface area contributed by atoms with E-state index in [1.165, 1.54) is 0 Å². The highest BCUT2D eigenvalue weighted by Gasteiger charge is 2.36. The van der Waals surface area contributed by atoms with E-state index in [-0.39, 0.29) is 5.54 Å². The molecule has 1 aliphatic carbocycles. The molecule has 0 radical (unpaired) electrons. The van der Waals surface area contributed by atoms with Crippen LogP contribution in [0.3, 0.4) is 0 Å². The molecule has 1 aliphatic rings. The van der Waals surface area contributed by atoms with Crippen molar-refractivity contribution in [3.63, 3.8) is 0 Å². The van der Waals surface area contributed by atoms with E-state index in [9.17, 15) is 8.42 Å². The number of nitrogens with one attached hydrogen (secondary N) is 2. The van der Waals surface area contributed by atoms with Crippen LogP contribution in [0.2, 0.25) is 0 Å². The molecule has 118 valence electrons. The maximum absolute atomic E-state index is 12.6. The van der Waals surface area contributed by atoms with Gasteiger partial charge in [0.15, 0.2) is 0 Å². The average molecular weight is 310 g/mol. The van der Waals surface area contributed by atoms with Crippen LogP contribution in [-0.2, 0) is 16.6 Å². The van der Waals surface area contributed by atoms with Gasteiger partial charge < -0.3 is 5.32 Å². The van der Waals surface area contributed by atoms with Gasteiger partial charge in [-0.3, -0.25) is 0 Å². The van der Waals surface area contributed by atoms with Crippen LogP contribution in [0, 0.1) is 6.92 Å². The number of hydrogen-bond donors (Lipinski definition) is 2. The van der Waals surface area contributed by atoms with Gasteiger partial charge in [-0.25, -0.2) is 13.1 Å². The van der Waals surface area contributed by atoms with Crippen molar-refractivity contribution < 1.29 is 8.42 Å². The first-order valence-electron chi connectivity index (χ1n) is 7.70. The molecule has 0 spiro atoms. The van der Waals surface area contributed by atoms with Crippen molar-refractivity contribution in [3.05, 3.63) is 29.3 Å². The van der Waals surface area contributed by atoms with Crippen LogP contribution in [0.1, 0.15) is 50.7 Å². The fourth-order valence-corrected chi connectivity index (χ4v) is 4.40. The minimum absolute atomic E-state index is 0.262. The molecular weight excluding hydrogens is 284 g/mol. The van der Waals surface area contributed by atoms with Crippen molar-refractivity contribution >= 4 is 10.0 Å². The molecule has 4 nitrogen and oxygen atoms in total. The van der Waals surface area contributed by atoms with E-state index >= 15 is 0 Å². The van der Waals surface area contributed by atoms with Crippen molar-refractivity contribution in [1.29, 1.82) is 0 Å². The van der Waals surface area contributed by atoms with Crippen LogP contribution in [-0.4, -0.2) is 20.5 Å². The molecule has 21 heavy (non-hydrogen) atoms. The van der Waals surface area contributed by atoms with Crippen LogP contribution < -0.4 is 10.0 Å². The van der Waals surface area contributed by atoms with Gasteiger partial charge in [0, 0.05) is 12.1 Å². The van der Waals surface area contributed by atoms with Gasteiger partial charge in [0.2, 0.25) is 10.0 Å². The van der Waals surface area contributed by atoms with E-state index in [0.29, 0.717) is 11.4 Å². The molecule has 0 saturated heterocycles. The standard InChI is InChI=1S/C16H26N2O2S/c1-4-10-17-12-14-7-6-13(2)15(11-14)21(19,20)18-16(3)8-5-9-16/h6-7,11,17-18H,4-5,8-10,12H2,1-3H3. The molecular formula is C16H26N2O2S. The first kappa shape index (κ1) is 16.5. The number of sulfonamides is 1. The van der Waals surface area contributed by atoms with Gasteiger partial charge in [0.05, 0.1) is 4.90 Å². The van der Waals surface area contributed by atoms with Gasteiger partial charge in [-0.05, 0) is 63.3 Å². The van der Waals surface area contributed by atoms with Crippen LogP contribution >= 0.6 is 0 Å². The zero-order valence-corrected chi connectivity index (χ0v) is 14.0. The van der Waals surface area contributed by atoms with Crippen LogP contribution in [0.4, 0.5) is 0 Å². The van der Waals surface area contributed by atoms with Crippen LogP contribution in [0.15, 0.2) is 23.1 Å². The second-order valence-electron chi connectivity index (χ2n) is 6.30. The van der Waals surface area contributed by atoms with Gasteiger partial charge in [0.1, 0.15) is 0 Å². The summed E-state index contributed by atoms with van der Waals surface area (Å²) in [7, 11) is -3.44. The lowest BCUT2D eigenvalue weighted by Gasteiger charge is -2.38. The summed E-state index contributed by atoms with van der Waals surface area (Å²) in [6.07, 6.45) is 4.00. The third-order valence-electron chi connectivity index (χ3n) is 4.14. The number of aryl methyl sites for hydroxylation is 1. The summed E-state index contributed by atoms with van der Waals surface area (Å²) in [5.41, 5.74) is 1.54. The van der Waals surface area contributed by atoms with Crippen molar-refractivity contribution in [2.24, 2.45) is 0 Å². The van der Waals surface area contributed by atoms with Gasteiger partial charge in [-0.15, -0.1) is 0 Å². The molecule has 0 aliphatic heterocycles. The molecule has 0 heterocycles. The molecule has 0 bridgehead atoms. The molecule has 0 aromatic heterocycles. The van der Waals surface area contributed by atoms with Crippen molar-refractivity contribution in [2.75, 3.05) is 6.54 Å². The lowest BCUT2D eigenvalue weighted by molar-refractivity contribution is 0.248. The zero-order valence-electron chi connectivity index (χ0n) is 13.2. The van der Waals surface area contributed by atoms with Gasteiger partial charge in [0.25, 0.3) is 0 Å². The summed E-state index contributed by atoms with van der Waals surface area (Å²) in [5.74, 6) is 0. The fraction of sp³-hybridized carbons (Fsp3) is 0.625. The van der Waals surface area contributed by atoms with E-state index in [4.69, 9.17) is 0 Å². The lowest BCUT2D eigenvalue weighted by Crippen LogP contribution is -2.50. The Morgan fingerprint density at radius 3 is 2.57 bits per heavy atom. The molecule has 1 aromatic carbocycles. The molecule has 0 atom stereocenters. The van der Waals surface area contributed by atoms with Crippen molar-refractivity contribution in [1.82, 2.24) is 10.0 Å². The summed E-state index contributed by atoms with van der Waals surface area (Å²) >= 11 is 0. The Morgan fingerprint density at radius 1 is 1.29 bits per heavy atom. The number of benzene rings is 1. The highest BCUT2D eigenvalue weighted by Crippen LogP contribution is 2.33.